The average molecular weight is 283 g/mol. The molecule has 2 fully saturated rings. The molecular weight excluding hydrogens is 250 g/mol. The van der Waals surface area contributed by atoms with Gasteiger partial charge >= 0.3 is 0 Å². The van der Waals surface area contributed by atoms with E-state index in [9.17, 15) is 5.11 Å². The van der Waals surface area contributed by atoms with Gasteiger partial charge in [-0.05, 0) is 60.0 Å². The molecule has 0 radical (unpaired) electrons. The van der Waals surface area contributed by atoms with Crippen LogP contribution in [-0.2, 0) is 0 Å². The van der Waals surface area contributed by atoms with E-state index in [1.165, 1.54) is 32.4 Å². The van der Waals surface area contributed by atoms with Crippen LogP contribution in [0.25, 0.3) is 0 Å². The Morgan fingerprint density at radius 3 is 2.30 bits per heavy atom. The van der Waals surface area contributed by atoms with Crippen molar-refractivity contribution in [1.29, 1.82) is 0 Å². The van der Waals surface area contributed by atoms with Crippen molar-refractivity contribution in [1.82, 2.24) is 15.1 Å². The summed E-state index contributed by atoms with van der Waals surface area (Å²) in [7, 11) is 2.23. The Labute approximate surface area is 124 Å². The molecule has 0 aromatic rings. The maximum atomic E-state index is 9.63. The Morgan fingerprint density at radius 2 is 1.80 bits per heavy atom. The molecule has 0 aromatic heterocycles. The highest BCUT2D eigenvalue weighted by molar-refractivity contribution is 4.92. The molecule has 3 unspecified atom stereocenters. The van der Waals surface area contributed by atoms with Crippen LogP contribution in [0.2, 0.25) is 0 Å². The van der Waals surface area contributed by atoms with Gasteiger partial charge in [-0.15, -0.1) is 0 Å². The smallest absolute Gasteiger partial charge is 0.0610 e. The van der Waals surface area contributed by atoms with Crippen molar-refractivity contribution in [3.8, 4) is 0 Å². The fraction of sp³-hybridized carbons (Fsp3) is 1.00. The number of rotatable bonds is 7. The molecule has 2 aliphatic rings. The van der Waals surface area contributed by atoms with E-state index in [0.29, 0.717) is 18.1 Å². The maximum Gasteiger partial charge on any atom is 0.0610 e. The van der Waals surface area contributed by atoms with Crippen molar-refractivity contribution in [2.45, 2.75) is 70.1 Å². The Bertz CT molecular complexity index is 296. The molecule has 2 N–H and O–H groups in total. The molecule has 0 spiro atoms. The highest BCUT2D eigenvalue weighted by atomic mass is 16.3. The average Bonchev–Trinajstić information content (AvgIpc) is 3.19. The zero-order valence-corrected chi connectivity index (χ0v) is 13.7. The van der Waals surface area contributed by atoms with E-state index < -0.39 is 0 Å². The van der Waals surface area contributed by atoms with Crippen LogP contribution < -0.4 is 5.32 Å². The van der Waals surface area contributed by atoms with Crippen molar-refractivity contribution in [2.75, 3.05) is 33.3 Å². The van der Waals surface area contributed by atoms with Gasteiger partial charge in [0.15, 0.2) is 0 Å². The molecule has 2 rings (SSSR count). The first-order valence-corrected chi connectivity index (χ1v) is 8.26. The van der Waals surface area contributed by atoms with Gasteiger partial charge < -0.3 is 15.3 Å². The summed E-state index contributed by atoms with van der Waals surface area (Å²) in [5, 5.41) is 13.2. The van der Waals surface area contributed by atoms with Gasteiger partial charge in [0.25, 0.3) is 0 Å². The van der Waals surface area contributed by atoms with Crippen LogP contribution in [-0.4, -0.2) is 71.9 Å². The third-order valence-corrected chi connectivity index (χ3v) is 5.12. The van der Waals surface area contributed by atoms with Gasteiger partial charge in [-0.3, -0.25) is 4.90 Å². The summed E-state index contributed by atoms with van der Waals surface area (Å²) < 4.78 is 0. The van der Waals surface area contributed by atoms with Gasteiger partial charge in [0.1, 0.15) is 0 Å². The predicted octanol–water partition coefficient (Wildman–Crippen LogP) is 1.29. The third-order valence-electron chi connectivity index (χ3n) is 5.12. The van der Waals surface area contributed by atoms with E-state index >= 15 is 0 Å². The van der Waals surface area contributed by atoms with Crippen LogP contribution in [0.4, 0.5) is 0 Å². The van der Waals surface area contributed by atoms with Gasteiger partial charge in [0.05, 0.1) is 6.61 Å². The molecule has 0 aromatic carbocycles. The normalized spacial score (nSPS) is 32.2. The van der Waals surface area contributed by atoms with E-state index in [2.05, 4.69) is 42.9 Å². The van der Waals surface area contributed by atoms with Gasteiger partial charge in [-0.2, -0.15) is 0 Å². The largest absolute Gasteiger partial charge is 0.394 e. The second kappa shape index (κ2) is 6.73. The lowest BCUT2D eigenvalue weighted by atomic mass is 9.96. The molecule has 1 heterocycles. The summed E-state index contributed by atoms with van der Waals surface area (Å²) in [5.41, 5.74) is -0.0784. The highest BCUT2D eigenvalue weighted by Gasteiger charge is 2.32. The zero-order valence-electron chi connectivity index (χ0n) is 13.7. The fourth-order valence-corrected chi connectivity index (χ4v) is 3.31. The van der Waals surface area contributed by atoms with Crippen molar-refractivity contribution in [3.63, 3.8) is 0 Å². The number of aliphatic hydroxyl groups is 1. The van der Waals surface area contributed by atoms with E-state index in [4.69, 9.17) is 0 Å². The van der Waals surface area contributed by atoms with Crippen LogP contribution in [0, 0.1) is 0 Å². The lowest BCUT2D eigenvalue weighted by Gasteiger charge is -2.42. The maximum absolute atomic E-state index is 9.63. The van der Waals surface area contributed by atoms with E-state index in [1.807, 2.05) is 0 Å². The Kier molecular flexibility index (Phi) is 5.46. The number of piperazine rings is 1. The number of hydrogen-bond acceptors (Lipinski definition) is 4. The van der Waals surface area contributed by atoms with Crippen LogP contribution >= 0.6 is 0 Å². The first kappa shape index (κ1) is 16.2. The lowest BCUT2D eigenvalue weighted by molar-refractivity contribution is 0.0564. The highest BCUT2D eigenvalue weighted by Crippen LogP contribution is 2.25. The summed E-state index contributed by atoms with van der Waals surface area (Å²) in [6.45, 7) is 10.5. The molecule has 4 heteroatoms. The van der Waals surface area contributed by atoms with E-state index in [-0.39, 0.29) is 12.1 Å². The molecule has 1 saturated heterocycles. The van der Waals surface area contributed by atoms with Crippen LogP contribution in [0.1, 0.15) is 46.5 Å². The van der Waals surface area contributed by atoms with Crippen molar-refractivity contribution >= 4 is 0 Å². The lowest BCUT2D eigenvalue weighted by Crippen LogP contribution is -2.55. The summed E-state index contributed by atoms with van der Waals surface area (Å²) in [5.74, 6) is 0. The van der Waals surface area contributed by atoms with Crippen LogP contribution in [0.5, 0.6) is 0 Å². The second-order valence-electron chi connectivity index (χ2n) is 7.36. The number of likely N-dealkylation sites (N-methyl/N-ethyl adjacent to an activating group) is 1. The first-order valence-electron chi connectivity index (χ1n) is 8.26. The summed E-state index contributed by atoms with van der Waals surface area (Å²) in [4.78, 5) is 5.06. The quantitative estimate of drug-likeness (QED) is 0.738. The molecule has 1 saturated carbocycles. The van der Waals surface area contributed by atoms with Crippen molar-refractivity contribution in [3.05, 3.63) is 0 Å². The van der Waals surface area contributed by atoms with Crippen molar-refractivity contribution in [2.24, 2.45) is 0 Å². The fourth-order valence-electron chi connectivity index (χ4n) is 3.31. The topological polar surface area (TPSA) is 38.7 Å². The number of aliphatic hydroxyl groups excluding tert-OH is 1. The summed E-state index contributed by atoms with van der Waals surface area (Å²) in [6, 6.07) is 1.95. The molecule has 4 nitrogen and oxygen atoms in total. The molecule has 0 bridgehead atoms. The monoisotopic (exact) mass is 283 g/mol. The molecule has 1 aliphatic carbocycles. The standard InChI is InChI=1S/C16H33N3O/c1-13-10-19(11-14(2)18(13)4)9-5-8-16(3,12-20)17-15-6-7-15/h13-15,17,20H,5-12H2,1-4H3. The van der Waals surface area contributed by atoms with E-state index in [0.717, 1.165) is 13.0 Å². The molecular formula is C16H33N3O. The minimum absolute atomic E-state index is 0.0784. The zero-order chi connectivity index (χ0) is 14.8. The van der Waals surface area contributed by atoms with Gasteiger partial charge in [0.2, 0.25) is 0 Å². The Hall–Kier alpha value is -0.160. The van der Waals surface area contributed by atoms with Crippen LogP contribution in [0.15, 0.2) is 0 Å². The summed E-state index contributed by atoms with van der Waals surface area (Å²) in [6.07, 6.45) is 4.79. The SMILES string of the molecule is CC1CN(CCCC(C)(CO)NC2CC2)CC(C)N1C. The minimum atomic E-state index is -0.0784. The van der Waals surface area contributed by atoms with Gasteiger partial charge in [-0.25, -0.2) is 0 Å². The van der Waals surface area contributed by atoms with E-state index in [1.54, 1.807) is 0 Å². The van der Waals surface area contributed by atoms with Gasteiger partial charge in [-0.1, -0.05) is 0 Å². The summed E-state index contributed by atoms with van der Waals surface area (Å²) >= 11 is 0. The Morgan fingerprint density at radius 1 is 1.20 bits per heavy atom. The predicted molar refractivity (Wildman–Crippen MR) is 84.0 cm³/mol. The molecule has 118 valence electrons. The van der Waals surface area contributed by atoms with Crippen LogP contribution in [0.3, 0.4) is 0 Å². The Balaban J connectivity index is 1.71. The number of hydrogen-bond donors (Lipinski definition) is 2. The van der Waals surface area contributed by atoms with Gasteiger partial charge in [0, 0.05) is 36.8 Å². The second-order valence-corrected chi connectivity index (χ2v) is 7.36. The first-order chi connectivity index (χ1) is 9.43. The molecule has 3 atom stereocenters. The van der Waals surface area contributed by atoms with Crippen molar-refractivity contribution < 1.29 is 5.11 Å². The number of nitrogens with one attached hydrogen (secondary N) is 1. The minimum Gasteiger partial charge on any atom is -0.394 e. The third kappa shape index (κ3) is 4.42. The number of nitrogens with zero attached hydrogens (tertiary/aromatic N) is 2. The molecule has 1 aliphatic heterocycles. The molecule has 0 amide bonds. The molecule has 20 heavy (non-hydrogen) atoms.